The van der Waals surface area contributed by atoms with E-state index in [4.69, 9.17) is 26.0 Å². The zero-order valence-corrected chi connectivity index (χ0v) is 20.6. The quantitative estimate of drug-likeness (QED) is 0.0706. The molecule has 0 radical (unpaired) electrons. The number of carbonyl (C=O) groups is 6. The number of carboxylic acid groups (broad SMARTS) is 1. The van der Waals surface area contributed by atoms with Gasteiger partial charge >= 0.3 is 12.0 Å². The normalized spacial score (nSPS) is 14.8. The minimum absolute atomic E-state index is 0.00177. The molecule has 0 aromatic rings. The summed E-state index contributed by atoms with van der Waals surface area (Å²) in [6.07, 6.45) is -3.18. The number of hydrogen-bond acceptors (Lipinski definition) is 10. The topological polar surface area (TPSA) is 282 Å². The van der Waals surface area contributed by atoms with E-state index in [1.807, 2.05) is 0 Å². The first-order valence-corrected chi connectivity index (χ1v) is 11.2. The summed E-state index contributed by atoms with van der Waals surface area (Å²) in [6.45, 7) is 2.18. The molecule has 0 aliphatic carbocycles. The van der Waals surface area contributed by atoms with E-state index >= 15 is 0 Å². The summed E-state index contributed by atoms with van der Waals surface area (Å²) in [7, 11) is 0. The maximum atomic E-state index is 12.3. The number of rotatable bonds is 19. The van der Waals surface area contributed by atoms with Gasteiger partial charge in [-0.15, -0.1) is 0 Å². The van der Waals surface area contributed by atoms with Crippen molar-refractivity contribution >= 4 is 35.6 Å². The second-order valence-electron chi connectivity index (χ2n) is 7.87. The SMILES string of the molecule is CC(O)[C@H](NC(=O)COCCOCCNC(=O)[C@@H](NC(=O)N[C@H](CCC(=O)O)C(N)=O)[C@H](C)O)C(N)=O. The Labute approximate surface area is 212 Å². The summed E-state index contributed by atoms with van der Waals surface area (Å²) < 4.78 is 10.3. The second-order valence-corrected chi connectivity index (χ2v) is 7.87. The molecule has 0 heterocycles. The van der Waals surface area contributed by atoms with Crippen LogP contribution in [0.15, 0.2) is 0 Å². The zero-order chi connectivity index (χ0) is 28.5. The molecule has 0 aromatic carbocycles. The summed E-state index contributed by atoms with van der Waals surface area (Å²) in [6, 6.07) is -4.95. The summed E-state index contributed by atoms with van der Waals surface area (Å²) in [4.78, 5) is 69.2. The smallest absolute Gasteiger partial charge is 0.316 e. The van der Waals surface area contributed by atoms with Gasteiger partial charge in [0, 0.05) is 13.0 Å². The van der Waals surface area contributed by atoms with Crippen LogP contribution >= 0.6 is 0 Å². The Morgan fingerprint density at radius 1 is 0.811 bits per heavy atom. The first-order valence-electron chi connectivity index (χ1n) is 11.2. The van der Waals surface area contributed by atoms with Crippen molar-refractivity contribution < 1.29 is 53.6 Å². The zero-order valence-electron chi connectivity index (χ0n) is 20.6. The standard InChI is InChI=1S/C20H36N6O11/c1-10(27)15(18(22)33)25-13(29)9-37-8-7-36-6-5-23-19(34)16(11(2)28)26-20(35)24-12(17(21)32)3-4-14(30)31/h10-12,15-16,27-28H,3-9H2,1-2H3,(H2,21,32)(H2,22,33)(H,23,34)(H,25,29)(H,30,31)(H2,24,26,35)/t10?,11-,12+,15-,16-/m0/s1. The number of urea groups is 1. The predicted molar refractivity (Wildman–Crippen MR) is 124 cm³/mol. The van der Waals surface area contributed by atoms with E-state index in [-0.39, 0.29) is 32.8 Å². The average molecular weight is 537 g/mol. The predicted octanol–water partition coefficient (Wildman–Crippen LogP) is -4.75. The molecule has 1 unspecified atom stereocenters. The van der Waals surface area contributed by atoms with Crippen LogP contribution in [-0.2, 0) is 33.4 Å². The molecule has 212 valence electrons. The van der Waals surface area contributed by atoms with Crippen LogP contribution in [0.4, 0.5) is 4.79 Å². The van der Waals surface area contributed by atoms with E-state index in [2.05, 4.69) is 21.3 Å². The fourth-order valence-corrected chi connectivity index (χ4v) is 2.69. The molecule has 0 aliphatic heterocycles. The van der Waals surface area contributed by atoms with Gasteiger partial charge in [0.2, 0.25) is 23.6 Å². The third-order valence-corrected chi connectivity index (χ3v) is 4.60. The van der Waals surface area contributed by atoms with Crippen molar-refractivity contribution in [2.75, 3.05) is 33.0 Å². The van der Waals surface area contributed by atoms with Crippen molar-refractivity contribution in [1.82, 2.24) is 21.3 Å². The molecule has 0 aliphatic rings. The Bertz CT molecular complexity index is 793. The number of aliphatic carboxylic acids is 1. The van der Waals surface area contributed by atoms with Gasteiger partial charge in [-0.1, -0.05) is 0 Å². The van der Waals surface area contributed by atoms with Crippen LogP contribution in [0, 0.1) is 0 Å². The number of nitrogens with two attached hydrogens (primary N) is 2. The Kier molecular flexibility index (Phi) is 16.1. The second kappa shape index (κ2) is 17.8. The minimum Gasteiger partial charge on any atom is -0.481 e. The minimum atomic E-state index is -1.40. The molecule has 0 fully saturated rings. The van der Waals surface area contributed by atoms with E-state index < -0.39 is 79.0 Å². The third-order valence-electron chi connectivity index (χ3n) is 4.60. The first-order chi connectivity index (χ1) is 17.3. The van der Waals surface area contributed by atoms with Gasteiger partial charge in [0.15, 0.2) is 0 Å². The van der Waals surface area contributed by atoms with Crippen LogP contribution in [-0.4, -0.2) is 114 Å². The number of amides is 6. The lowest BCUT2D eigenvalue weighted by atomic mass is 10.1. The van der Waals surface area contributed by atoms with Crippen molar-refractivity contribution in [2.24, 2.45) is 11.5 Å². The molecule has 0 aromatic heterocycles. The number of hydrogen-bond donors (Lipinski definition) is 9. The third kappa shape index (κ3) is 15.2. The molecular formula is C20H36N6O11. The lowest BCUT2D eigenvalue weighted by Gasteiger charge is -2.22. The highest BCUT2D eigenvalue weighted by molar-refractivity contribution is 5.90. The molecule has 0 saturated carbocycles. The van der Waals surface area contributed by atoms with Crippen LogP contribution in [0.1, 0.15) is 26.7 Å². The van der Waals surface area contributed by atoms with E-state index in [1.54, 1.807) is 0 Å². The highest BCUT2D eigenvalue weighted by Crippen LogP contribution is 1.99. The highest BCUT2D eigenvalue weighted by Gasteiger charge is 2.27. The molecule has 11 N–H and O–H groups in total. The number of carbonyl (C=O) groups excluding carboxylic acids is 5. The van der Waals surface area contributed by atoms with Gasteiger partial charge < -0.3 is 57.5 Å². The number of nitrogens with one attached hydrogen (secondary N) is 4. The number of ether oxygens (including phenoxy) is 2. The Balaban J connectivity index is 4.30. The van der Waals surface area contributed by atoms with Gasteiger partial charge in [-0.05, 0) is 20.3 Å². The van der Waals surface area contributed by atoms with Crippen LogP contribution in [0.3, 0.4) is 0 Å². The summed E-state index contributed by atoms with van der Waals surface area (Å²) in [5.41, 5.74) is 10.2. The summed E-state index contributed by atoms with van der Waals surface area (Å²) >= 11 is 0. The molecule has 6 amide bonds. The van der Waals surface area contributed by atoms with Gasteiger partial charge in [0.05, 0.1) is 32.0 Å². The molecule has 37 heavy (non-hydrogen) atoms. The van der Waals surface area contributed by atoms with E-state index in [9.17, 15) is 39.0 Å². The number of aliphatic hydroxyl groups is 2. The Morgan fingerprint density at radius 3 is 1.92 bits per heavy atom. The molecular weight excluding hydrogens is 500 g/mol. The molecule has 0 rings (SSSR count). The molecule has 17 heteroatoms. The van der Waals surface area contributed by atoms with Gasteiger partial charge in [0.1, 0.15) is 24.7 Å². The van der Waals surface area contributed by atoms with E-state index in [1.165, 1.54) is 13.8 Å². The maximum Gasteiger partial charge on any atom is 0.316 e. The van der Waals surface area contributed by atoms with E-state index in [0.29, 0.717) is 0 Å². The fourth-order valence-electron chi connectivity index (χ4n) is 2.69. The van der Waals surface area contributed by atoms with Crippen molar-refractivity contribution in [1.29, 1.82) is 0 Å². The van der Waals surface area contributed by atoms with Crippen molar-refractivity contribution in [3.8, 4) is 0 Å². The van der Waals surface area contributed by atoms with Crippen molar-refractivity contribution in [2.45, 2.75) is 57.0 Å². The van der Waals surface area contributed by atoms with E-state index in [0.717, 1.165) is 0 Å². The Hall–Kier alpha value is -3.54. The van der Waals surface area contributed by atoms with Crippen LogP contribution < -0.4 is 32.7 Å². The lowest BCUT2D eigenvalue weighted by Crippen LogP contribution is -2.57. The van der Waals surface area contributed by atoms with Gasteiger partial charge in [0.25, 0.3) is 0 Å². The largest absolute Gasteiger partial charge is 0.481 e. The van der Waals surface area contributed by atoms with Crippen molar-refractivity contribution in [3.63, 3.8) is 0 Å². The molecule has 5 atom stereocenters. The maximum absolute atomic E-state index is 12.3. The molecule has 0 saturated heterocycles. The summed E-state index contributed by atoms with van der Waals surface area (Å²) in [5.74, 6) is -4.48. The van der Waals surface area contributed by atoms with Crippen molar-refractivity contribution in [3.05, 3.63) is 0 Å². The van der Waals surface area contributed by atoms with Crippen LogP contribution in [0.5, 0.6) is 0 Å². The van der Waals surface area contributed by atoms with Gasteiger partial charge in [-0.2, -0.15) is 0 Å². The number of primary amides is 2. The van der Waals surface area contributed by atoms with Gasteiger partial charge in [-0.25, -0.2) is 4.79 Å². The Morgan fingerprint density at radius 2 is 1.41 bits per heavy atom. The van der Waals surface area contributed by atoms with Gasteiger partial charge in [-0.3, -0.25) is 24.0 Å². The number of carboxylic acids is 1. The van der Waals surface area contributed by atoms with Crippen LogP contribution in [0.25, 0.3) is 0 Å². The average Bonchev–Trinajstić information content (AvgIpc) is 2.79. The fraction of sp³-hybridized carbons (Fsp3) is 0.700. The number of aliphatic hydroxyl groups excluding tert-OH is 2. The monoisotopic (exact) mass is 536 g/mol. The lowest BCUT2D eigenvalue weighted by molar-refractivity contribution is -0.137. The summed E-state index contributed by atoms with van der Waals surface area (Å²) in [5, 5.41) is 36.9. The first kappa shape index (κ1) is 33.5. The molecule has 17 nitrogen and oxygen atoms in total. The molecule has 0 bridgehead atoms. The molecule has 0 spiro atoms. The highest BCUT2D eigenvalue weighted by atomic mass is 16.5. The van der Waals surface area contributed by atoms with Crippen LogP contribution in [0.2, 0.25) is 0 Å².